The number of piperazine rings is 1. The van der Waals surface area contributed by atoms with Crippen LogP contribution >= 0.6 is 11.3 Å². The third-order valence-corrected chi connectivity index (χ3v) is 4.32. The Hall–Kier alpha value is -1.43. The minimum atomic E-state index is -0.467. The van der Waals surface area contributed by atoms with E-state index < -0.39 is 6.04 Å². The first kappa shape index (κ1) is 15.0. The fourth-order valence-electron chi connectivity index (χ4n) is 2.43. The number of amides is 2. The monoisotopic (exact) mass is 295 g/mol. The molecule has 2 heterocycles. The summed E-state index contributed by atoms with van der Waals surface area (Å²) in [5.74, 6) is -0.0612. The van der Waals surface area contributed by atoms with E-state index in [9.17, 15) is 9.59 Å². The molecule has 1 aliphatic rings. The molecule has 0 radical (unpaired) electrons. The second kappa shape index (κ2) is 5.52. The minimum Gasteiger partial charge on any atom is -0.342 e. The average Bonchev–Trinajstić information content (AvgIpc) is 2.85. The number of nitrogens with zero attached hydrogens (tertiary/aromatic N) is 2. The van der Waals surface area contributed by atoms with Crippen LogP contribution in [-0.2, 0) is 16.1 Å². The summed E-state index contributed by atoms with van der Waals surface area (Å²) in [5.41, 5.74) is 1.45. The molecule has 6 heteroatoms. The van der Waals surface area contributed by atoms with Crippen molar-refractivity contribution in [2.24, 2.45) is 5.41 Å². The first-order valence-corrected chi connectivity index (χ1v) is 7.70. The highest BCUT2D eigenvalue weighted by Crippen LogP contribution is 2.27. The third-order valence-electron chi connectivity index (χ3n) is 3.56. The predicted octanol–water partition coefficient (Wildman–Crippen LogP) is 1.79. The molecule has 0 aliphatic carbocycles. The molecule has 2 rings (SSSR count). The minimum absolute atomic E-state index is 0.00245. The number of carbonyl (C=O) groups excluding carboxylic acids is 2. The van der Waals surface area contributed by atoms with Crippen molar-refractivity contribution in [1.29, 1.82) is 0 Å². The zero-order valence-electron chi connectivity index (χ0n) is 12.3. The lowest BCUT2D eigenvalue weighted by Gasteiger charge is -2.43. The van der Waals surface area contributed by atoms with E-state index in [1.54, 1.807) is 16.6 Å². The smallest absolute Gasteiger partial charge is 0.246 e. The number of carbonyl (C=O) groups is 2. The second-order valence-electron chi connectivity index (χ2n) is 6.17. The maximum absolute atomic E-state index is 12.7. The fourth-order valence-corrected chi connectivity index (χ4v) is 3.02. The molecule has 20 heavy (non-hydrogen) atoms. The molecule has 1 aliphatic heterocycles. The maximum Gasteiger partial charge on any atom is 0.246 e. The van der Waals surface area contributed by atoms with E-state index in [-0.39, 0.29) is 23.3 Å². The number of thiazole rings is 1. The summed E-state index contributed by atoms with van der Waals surface area (Å²) in [6.45, 7) is 8.28. The van der Waals surface area contributed by atoms with Gasteiger partial charge in [0.25, 0.3) is 0 Å². The highest BCUT2D eigenvalue weighted by molar-refractivity contribution is 7.09. The molecule has 2 amide bonds. The Morgan fingerprint density at radius 1 is 1.40 bits per heavy atom. The van der Waals surface area contributed by atoms with Crippen molar-refractivity contribution in [1.82, 2.24) is 15.2 Å². The van der Waals surface area contributed by atoms with Crippen LogP contribution in [0.4, 0.5) is 0 Å². The van der Waals surface area contributed by atoms with Gasteiger partial charge < -0.3 is 10.2 Å². The summed E-state index contributed by atoms with van der Waals surface area (Å²) >= 11 is 1.50. The van der Waals surface area contributed by atoms with Gasteiger partial charge in [-0.15, -0.1) is 11.3 Å². The Morgan fingerprint density at radius 2 is 2.10 bits per heavy atom. The van der Waals surface area contributed by atoms with Gasteiger partial charge in [-0.1, -0.05) is 27.7 Å². The van der Waals surface area contributed by atoms with Gasteiger partial charge in [0.15, 0.2) is 0 Å². The van der Waals surface area contributed by atoms with Crippen LogP contribution in [-0.4, -0.2) is 33.8 Å². The lowest BCUT2D eigenvalue weighted by molar-refractivity contribution is -0.153. The van der Waals surface area contributed by atoms with Crippen LogP contribution in [0.5, 0.6) is 0 Å². The van der Waals surface area contributed by atoms with E-state index in [4.69, 9.17) is 0 Å². The number of rotatable bonds is 3. The summed E-state index contributed by atoms with van der Waals surface area (Å²) in [4.78, 5) is 31.7. The molecule has 110 valence electrons. The van der Waals surface area contributed by atoms with Gasteiger partial charge in [0, 0.05) is 11.1 Å². The van der Waals surface area contributed by atoms with Crippen LogP contribution in [0.25, 0.3) is 0 Å². The topological polar surface area (TPSA) is 62.3 Å². The SMILES string of the molecule is CCC1C(=O)NC(C(C)(C)C)C(=O)N1Cc1cncs1. The Morgan fingerprint density at radius 3 is 2.60 bits per heavy atom. The van der Waals surface area contributed by atoms with Gasteiger partial charge in [0.1, 0.15) is 12.1 Å². The normalized spacial score (nSPS) is 23.9. The van der Waals surface area contributed by atoms with Crippen molar-refractivity contribution >= 4 is 23.2 Å². The van der Waals surface area contributed by atoms with Gasteiger partial charge in [0.05, 0.1) is 12.1 Å². The zero-order valence-corrected chi connectivity index (χ0v) is 13.2. The van der Waals surface area contributed by atoms with Crippen LogP contribution in [0.1, 0.15) is 39.0 Å². The third kappa shape index (κ3) is 2.85. The molecule has 1 N–H and O–H groups in total. The number of hydrogen-bond acceptors (Lipinski definition) is 4. The Balaban J connectivity index is 2.28. The summed E-state index contributed by atoms with van der Waals surface area (Å²) in [6, 6.07) is -0.853. The van der Waals surface area contributed by atoms with Gasteiger partial charge in [0.2, 0.25) is 11.8 Å². The van der Waals surface area contributed by atoms with Crippen molar-refractivity contribution < 1.29 is 9.59 Å². The van der Waals surface area contributed by atoms with Gasteiger partial charge in [-0.05, 0) is 11.8 Å². The lowest BCUT2D eigenvalue weighted by atomic mass is 9.83. The quantitative estimate of drug-likeness (QED) is 0.925. The molecule has 0 saturated carbocycles. The number of aromatic nitrogens is 1. The zero-order chi connectivity index (χ0) is 14.9. The van der Waals surface area contributed by atoms with Gasteiger partial charge in [-0.25, -0.2) is 0 Å². The van der Waals surface area contributed by atoms with E-state index in [0.29, 0.717) is 13.0 Å². The Labute approximate surface area is 123 Å². The lowest BCUT2D eigenvalue weighted by Crippen LogP contribution is -2.66. The van der Waals surface area contributed by atoms with Crippen LogP contribution < -0.4 is 5.32 Å². The summed E-state index contributed by atoms with van der Waals surface area (Å²) in [7, 11) is 0. The molecule has 0 aromatic carbocycles. The van der Waals surface area contributed by atoms with E-state index in [2.05, 4.69) is 10.3 Å². The van der Waals surface area contributed by atoms with Crippen molar-refractivity contribution in [2.75, 3.05) is 0 Å². The Bertz CT molecular complexity index is 493. The molecular formula is C14H21N3O2S. The molecule has 1 aromatic heterocycles. The van der Waals surface area contributed by atoms with Gasteiger partial charge in [-0.2, -0.15) is 0 Å². The number of nitrogens with one attached hydrogen (secondary N) is 1. The van der Waals surface area contributed by atoms with E-state index >= 15 is 0 Å². The molecular weight excluding hydrogens is 274 g/mol. The highest BCUT2D eigenvalue weighted by Gasteiger charge is 2.44. The van der Waals surface area contributed by atoms with E-state index in [1.165, 1.54) is 11.3 Å². The molecule has 0 bridgehead atoms. The first-order valence-electron chi connectivity index (χ1n) is 6.82. The summed E-state index contributed by atoms with van der Waals surface area (Å²) in [5, 5.41) is 2.87. The molecule has 1 aromatic rings. The molecule has 5 nitrogen and oxygen atoms in total. The number of hydrogen-bond donors (Lipinski definition) is 1. The van der Waals surface area contributed by atoms with Crippen molar-refractivity contribution in [3.8, 4) is 0 Å². The van der Waals surface area contributed by atoms with Gasteiger partial charge >= 0.3 is 0 Å². The van der Waals surface area contributed by atoms with E-state index in [1.807, 2.05) is 27.7 Å². The molecule has 2 unspecified atom stereocenters. The standard InChI is InChI=1S/C14H21N3O2S/c1-5-10-12(18)16-11(14(2,3)4)13(19)17(10)7-9-6-15-8-20-9/h6,8,10-11H,5,7H2,1-4H3,(H,16,18). The first-order chi connectivity index (χ1) is 9.34. The fraction of sp³-hybridized carbons (Fsp3) is 0.643. The largest absolute Gasteiger partial charge is 0.342 e. The average molecular weight is 295 g/mol. The summed E-state index contributed by atoms with van der Waals surface area (Å²) < 4.78 is 0. The highest BCUT2D eigenvalue weighted by atomic mass is 32.1. The second-order valence-corrected chi connectivity index (χ2v) is 7.14. The van der Waals surface area contributed by atoms with Crippen LogP contribution in [0.3, 0.4) is 0 Å². The van der Waals surface area contributed by atoms with Crippen molar-refractivity contribution in [2.45, 2.75) is 52.7 Å². The van der Waals surface area contributed by atoms with Crippen LogP contribution in [0.2, 0.25) is 0 Å². The maximum atomic E-state index is 12.7. The van der Waals surface area contributed by atoms with Crippen molar-refractivity contribution in [3.05, 3.63) is 16.6 Å². The Kier molecular flexibility index (Phi) is 4.13. The predicted molar refractivity (Wildman–Crippen MR) is 78.1 cm³/mol. The molecule has 1 saturated heterocycles. The van der Waals surface area contributed by atoms with Crippen LogP contribution in [0, 0.1) is 5.41 Å². The van der Waals surface area contributed by atoms with Crippen LogP contribution in [0.15, 0.2) is 11.7 Å². The van der Waals surface area contributed by atoms with Gasteiger partial charge in [-0.3, -0.25) is 14.6 Å². The van der Waals surface area contributed by atoms with Crippen molar-refractivity contribution in [3.63, 3.8) is 0 Å². The molecule has 1 fully saturated rings. The molecule has 0 spiro atoms. The molecule has 2 atom stereocenters. The van der Waals surface area contributed by atoms with E-state index in [0.717, 1.165) is 4.88 Å². The summed E-state index contributed by atoms with van der Waals surface area (Å²) in [6.07, 6.45) is 2.37.